The van der Waals surface area contributed by atoms with Gasteiger partial charge in [0.05, 0.1) is 12.2 Å². The number of carbonyl (C=O) groups excluding carboxylic acids is 1. The van der Waals surface area contributed by atoms with Crippen molar-refractivity contribution in [2.45, 2.75) is 44.8 Å². The molecule has 0 radical (unpaired) electrons. The first-order valence-electron chi connectivity index (χ1n) is 11.9. The number of halogens is 2. The Labute approximate surface area is 206 Å². The van der Waals surface area contributed by atoms with Gasteiger partial charge in [-0.3, -0.25) is 0 Å². The van der Waals surface area contributed by atoms with E-state index in [4.69, 9.17) is 0 Å². The molecule has 2 aliphatic rings. The molecule has 178 valence electrons. The Bertz CT molecular complexity index is 1370. The molecule has 1 unspecified atom stereocenters. The van der Waals surface area contributed by atoms with Crippen LogP contribution in [0.15, 0.2) is 66.9 Å². The molecule has 6 rings (SSSR count). The number of urea groups is 1. The van der Waals surface area contributed by atoms with Gasteiger partial charge in [0, 0.05) is 29.2 Å². The fraction of sp³-hybridized carbons (Fsp3) is 0.250. The van der Waals surface area contributed by atoms with Crippen LogP contribution in [-0.4, -0.2) is 15.5 Å². The third-order valence-corrected chi connectivity index (χ3v) is 8.26. The Morgan fingerprint density at radius 2 is 1.74 bits per heavy atom. The molecule has 4 nitrogen and oxygen atoms in total. The zero-order valence-corrected chi connectivity index (χ0v) is 20.0. The molecular formula is C28H25F2N3OS. The molecule has 0 spiro atoms. The maximum Gasteiger partial charge on any atom is 0.318 e. The first kappa shape index (κ1) is 22.0. The van der Waals surface area contributed by atoms with E-state index in [0.29, 0.717) is 18.7 Å². The van der Waals surface area contributed by atoms with Crippen LogP contribution in [0.2, 0.25) is 0 Å². The van der Waals surface area contributed by atoms with E-state index in [-0.39, 0.29) is 6.03 Å². The highest BCUT2D eigenvalue weighted by molar-refractivity contribution is 7.15. The topological polar surface area (TPSA) is 37.3 Å². The number of benzene rings is 2. The van der Waals surface area contributed by atoms with Crippen LogP contribution in [0, 0.1) is 11.6 Å². The highest BCUT2D eigenvalue weighted by atomic mass is 32.1. The van der Waals surface area contributed by atoms with Crippen molar-refractivity contribution >= 4 is 17.4 Å². The first-order chi connectivity index (χ1) is 17.1. The lowest BCUT2D eigenvalue weighted by molar-refractivity contribution is 0.179. The van der Waals surface area contributed by atoms with Crippen molar-refractivity contribution in [1.82, 2.24) is 14.8 Å². The van der Waals surface area contributed by atoms with E-state index < -0.39 is 17.7 Å². The van der Waals surface area contributed by atoms with Crippen molar-refractivity contribution in [2.24, 2.45) is 0 Å². The number of aryl methyl sites for hydroxylation is 1. The number of nitrogens with one attached hydrogen (secondary N) is 1. The summed E-state index contributed by atoms with van der Waals surface area (Å²) in [5, 5.41) is 4.15. The van der Waals surface area contributed by atoms with Crippen LogP contribution < -0.4 is 5.32 Å². The zero-order valence-electron chi connectivity index (χ0n) is 19.1. The molecule has 1 aliphatic heterocycles. The van der Waals surface area contributed by atoms with Gasteiger partial charge >= 0.3 is 6.03 Å². The lowest BCUT2D eigenvalue weighted by Gasteiger charge is -2.31. The average Bonchev–Trinajstić information content (AvgIpc) is 3.44. The van der Waals surface area contributed by atoms with Gasteiger partial charge in [0.1, 0.15) is 22.7 Å². The summed E-state index contributed by atoms with van der Waals surface area (Å²) in [6, 6.07) is 16.2. The van der Waals surface area contributed by atoms with E-state index in [1.807, 2.05) is 48.7 Å². The summed E-state index contributed by atoms with van der Waals surface area (Å²) in [6.07, 6.45) is 6.35. The maximum absolute atomic E-state index is 14.3. The summed E-state index contributed by atoms with van der Waals surface area (Å²) in [4.78, 5) is 16.9. The first-order valence-corrected chi connectivity index (χ1v) is 12.8. The Morgan fingerprint density at radius 1 is 0.971 bits per heavy atom. The van der Waals surface area contributed by atoms with Gasteiger partial charge in [0.25, 0.3) is 0 Å². The van der Waals surface area contributed by atoms with Crippen LogP contribution in [0.4, 0.5) is 13.6 Å². The van der Waals surface area contributed by atoms with Gasteiger partial charge in [-0.15, -0.1) is 11.3 Å². The van der Waals surface area contributed by atoms with E-state index in [1.165, 1.54) is 29.0 Å². The van der Waals surface area contributed by atoms with Gasteiger partial charge < -0.3 is 14.8 Å². The minimum Gasteiger partial charge on any atom is -0.334 e. The Kier molecular flexibility index (Phi) is 5.65. The van der Waals surface area contributed by atoms with Gasteiger partial charge in [0.2, 0.25) is 0 Å². The second-order valence-corrected chi connectivity index (χ2v) is 10.3. The number of aromatic nitrogens is 1. The average molecular weight is 490 g/mol. The fourth-order valence-electron chi connectivity index (χ4n) is 5.35. The minimum atomic E-state index is -0.654. The largest absolute Gasteiger partial charge is 0.334 e. The molecular weight excluding hydrogens is 464 g/mol. The van der Waals surface area contributed by atoms with Crippen LogP contribution in [0.5, 0.6) is 0 Å². The van der Waals surface area contributed by atoms with E-state index >= 15 is 0 Å². The number of nitrogens with zero attached hydrogens (tertiary/aromatic N) is 2. The number of hydrogen-bond acceptors (Lipinski definition) is 2. The third kappa shape index (κ3) is 4.04. The predicted octanol–water partition coefficient (Wildman–Crippen LogP) is 6.51. The van der Waals surface area contributed by atoms with Crippen LogP contribution in [0.25, 0.3) is 5.00 Å². The van der Waals surface area contributed by atoms with Crippen molar-refractivity contribution in [1.29, 1.82) is 0 Å². The molecule has 0 fully saturated rings. The lowest BCUT2D eigenvalue weighted by Crippen LogP contribution is -2.42. The summed E-state index contributed by atoms with van der Waals surface area (Å²) in [5.41, 5.74) is 4.71. The van der Waals surface area contributed by atoms with Gasteiger partial charge in [-0.05, 0) is 66.6 Å². The fourth-order valence-corrected chi connectivity index (χ4v) is 6.75. The molecule has 2 amide bonds. The van der Waals surface area contributed by atoms with Gasteiger partial charge in [-0.1, -0.05) is 30.3 Å². The smallest absolute Gasteiger partial charge is 0.318 e. The number of thiophene rings is 1. The number of amides is 2. The number of fused-ring (bicyclic) bond motifs is 5. The normalized spacial score (nSPS) is 16.7. The SMILES string of the molecule is O=C(NCc1ccccc1)N1Cc2c(sc3c2CCCC3)-n2cccc2C1c1cc(F)cc(F)c1. The van der Waals surface area contributed by atoms with E-state index in [0.717, 1.165) is 47.2 Å². The zero-order chi connectivity index (χ0) is 23.9. The molecule has 2 aromatic heterocycles. The van der Waals surface area contributed by atoms with Crippen molar-refractivity contribution < 1.29 is 13.6 Å². The predicted molar refractivity (Wildman–Crippen MR) is 133 cm³/mol. The quantitative estimate of drug-likeness (QED) is 0.350. The number of hydrogen-bond donors (Lipinski definition) is 1. The standard InChI is InChI=1S/C28H25F2N3OS/c29-20-13-19(14-21(30)15-20)26-24-10-6-12-32(24)27-23(22-9-4-5-11-25(22)35-27)17-33(26)28(34)31-16-18-7-2-1-3-8-18/h1-3,6-8,10,12-15,26H,4-5,9,11,16-17H2,(H,31,34). The third-order valence-electron chi connectivity index (χ3n) is 6.93. The molecule has 1 atom stereocenters. The van der Waals surface area contributed by atoms with E-state index in [2.05, 4.69) is 9.88 Å². The highest BCUT2D eigenvalue weighted by Crippen LogP contribution is 2.44. The van der Waals surface area contributed by atoms with E-state index in [1.54, 1.807) is 16.2 Å². The van der Waals surface area contributed by atoms with Gasteiger partial charge in [0.15, 0.2) is 0 Å². The monoisotopic (exact) mass is 489 g/mol. The molecule has 0 saturated carbocycles. The Morgan fingerprint density at radius 3 is 2.54 bits per heavy atom. The van der Waals surface area contributed by atoms with Gasteiger partial charge in [-0.2, -0.15) is 0 Å². The summed E-state index contributed by atoms with van der Waals surface area (Å²) in [5.74, 6) is -1.31. The second-order valence-electron chi connectivity index (χ2n) is 9.18. The minimum absolute atomic E-state index is 0.264. The number of carbonyl (C=O) groups is 1. The molecule has 3 heterocycles. The lowest BCUT2D eigenvalue weighted by atomic mass is 9.95. The van der Waals surface area contributed by atoms with Crippen LogP contribution in [-0.2, 0) is 25.9 Å². The van der Waals surface area contributed by atoms with Crippen LogP contribution in [0.1, 0.15) is 51.7 Å². The maximum atomic E-state index is 14.3. The summed E-state index contributed by atoms with van der Waals surface area (Å²) in [7, 11) is 0. The number of rotatable bonds is 3. The molecule has 0 saturated heterocycles. The molecule has 1 aliphatic carbocycles. The Balaban J connectivity index is 1.47. The molecule has 1 N–H and O–H groups in total. The molecule has 0 bridgehead atoms. The molecule has 4 aromatic rings. The van der Waals surface area contributed by atoms with Crippen LogP contribution in [0.3, 0.4) is 0 Å². The highest BCUT2D eigenvalue weighted by Gasteiger charge is 2.36. The summed E-state index contributed by atoms with van der Waals surface area (Å²) < 4.78 is 30.8. The van der Waals surface area contributed by atoms with Crippen molar-refractivity contribution in [3.63, 3.8) is 0 Å². The molecule has 7 heteroatoms. The molecule has 35 heavy (non-hydrogen) atoms. The van der Waals surface area contributed by atoms with Crippen molar-refractivity contribution in [3.8, 4) is 5.00 Å². The molecule has 2 aromatic carbocycles. The Hall–Kier alpha value is -3.45. The van der Waals surface area contributed by atoms with E-state index in [9.17, 15) is 13.6 Å². The van der Waals surface area contributed by atoms with Gasteiger partial charge in [-0.25, -0.2) is 13.6 Å². The van der Waals surface area contributed by atoms with Crippen molar-refractivity contribution in [2.75, 3.05) is 0 Å². The van der Waals surface area contributed by atoms with Crippen molar-refractivity contribution in [3.05, 3.63) is 111 Å². The second kappa shape index (κ2) is 8.96. The summed E-state index contributed by atoms with van der Waals surface area (Å²) >= 11 is 1.78. The summed E-state index contributed by atoms with van der Waals surface area (Å²) in [6.45, 7) is 0.752. The van der Waals surface area contributed by atoms with Crippen LogP contribution >= 0.6 is 11.3 Å².